The molecule has 0 aliphatic carbocycles. The van der Waals surface area contributed by atoms with Crippen molar-refractivity contribution in [1.29, 1.82) is 0 Å². The smallest absolute Gasteiger partial charge is 0.543 e. The Morgan fingerprint density at radius 1 is 0.300 bits per heavy atom. The van der Waals surface area contributed by atoms with Gasteiger partial charge < -0.3 is 29.7 Å². The van der Waals surface area contributed by atoms with Crippen LogP contribution in [0.25, 0.3) is 98.8 Å². The summed E-state index contributed by atoms with van der Waals surface area (Å²) in [6.07, 6.45) is 5.08. The molecule has 12 rings (SSSR count). The predicted molar refractivity (Wildman–Crippen MR) is 266 cm³/mol. The van der Waals surface area contributed by atoms with Gasteiger partial charge in [0.2, 0.25) is 0 Å². The van der Waals surface area contributed by atoms with Gasteiger partial charge in [-0.25, -0.2) is 15.0 Å². The Bertz CT molecular complexity index is 3570. The summed E-state index contributed by atoms with van der Waals surface area (Å²) in [6, 6.07) is 56.2. The van der Waals surface area contributed by atoms with Gasteiger partial charge in [0.05, 0.1) is 68.1 Å². The van der Waals surface area contributed by atoms with Crippen LogP contribution in [0.15, 0.2) is 201 Å². The number of carboxylic acids is 3. The summed E-state index contributed by atoms with van der Waals surface area (Å²) in [6.45, 7) is 0. The van der Waals surface area contributed by atoms with E-state index in [-0.39, 0.29) is 34.4 Å². The average molecular weight is 925 g/mol. The molecule has 12 aromatic rings. The second kappa shape index (κ2) is 19.9. The van der Waals surface area contributed by atoms with Crippen LogP contribution in [0.5, 0.6) is 0 Å². The minimum Gasteiger partial charge on any atom is -0.543 e. The van der Waals surface area contributed by atoms with Crippen LogP contribution in [0.3, 0.4) is 0 Å². The summed E-state index contributed by atoms with van der Waals surface area (Å²) in [5.74, 6) is -3.88. The maximum atomic E-state index is 11.6. The molecule has 70 heavy (non-hydrogen) atoms. The van der Waals surface area contributed by atoms with Gasteiger partial charge in [-0.1, -0.05) is 127 Å². The number of carboxylic acid groups (broad SMARTS) is 3. The molecule has 0 unspecified atom stereocenters. The fourth-order valence-electron chi connectivity index (χ4n) is 8.40. The Morgan fingerprint density at radius 3 is 0.843 bits per heavy atom. The first kappa shape index (κ1) is 45.9. The van der Waals surface area contributed by atoms with Gasteiger partial charge in [0.1, 0.15) is 0 Å². The second-order valence-corrected chi connectivity index (χ2v) is 15.7. The summed E-state index contributed by atoms with van der Waals surface area (Å²) in [5, 5.41) is 40.2. The monoisotopic (exact) mass is 924 g/mol. The zero-order valence-electron chi connectivity index (χ0n) is 36.8. The molecule has 0 aliphatic rings. The Hall–Kier alpha value is -9.28. The molecule has 0 atom stereocenters. The average Bonchev–Trinajstić information content (AvgIpc) is 3.39. The molecule has 0 fully saturated rings. The fourth-order valence-corrected chi connectivity index (χ4v) is 8.40. The van der Waals surface area contributed by atoms with Gasteiger partial charge in [0.25, 0.3) is 0 Å². The third-order valence-electron chi connectivity index (χ3n) is 11.5. The molecule has 0 saturated carbocycles. The van der Waals surface area contributed by atoms with Gasteiger partial charge >= 0.3 is 17.4 Å². The summed E-state index contributed by atoms with van der Waals surface area (Å²) in [7, 11) is 0. The second-order valence-electron chi connectivity index (χ2n) is 15.7. The van der Waals surface area contributed by atoms with Gasteiger partial charge in [-0.2, -0.15) is 0 Å². The van der Waals surface area contributed by atoms with Crippen LogP contribution in [0.4, 0.5) is 0 Å². The molecule has 0 radical (unpaired) electrons. The maximum absolute atomic E-state index is 11.6. The van der Waals surface area contributed by atoms with E-state index < -0.39 is 17.9 Å². The number of rotatable bonds is 6. The number of hydrogen-bond acceptors (Lipinski definition) is 12. The van der Waals surface area contributed by atoms with Crippen LogP contribution in [-0.2, 0) is 0 Å². The zero-order valence-corrected chi connectivity index (χ0v) is 37.9. The van der Waals surface area contributed by atoms with Crippen molar-refractivity contribution in [1.82, 2.24) is 29.9 Å². The zero-order chi connectivity index (χ0) is 47.4. The number of aromatic nitrogens is 6. The standard InChI is InChI=1S/3C19H12N2O2.Al/c3*22-19(23)18-15(11-13-5-1-2-9-16(13)21-18)14-8-3-6-12-7-4-10-20-17(12)14;/h3*1-11H,(H,22,23);/q;;;+3/p-3. The Kier molecular flexibility index (Phi) is 13.0. The van der Waals surface area contributed by atoms with Crippen LogP contribution < -0.4 is 15.3 Å². The quantitative estimate of drug-likeness (QED) is 0.146. The van der Waals surface area contributed by atoms with Crippen molar-refractivity contribution >= 4 is 101 Å². The predicted octanol–water partition coefficient (Wildman–Crippen LogP) is 8.06. The molecule has 0 bridgehead atoms. The van der Waals surface area contributed by atoms with Crippen molar-refractivity contribution in [3.63, 3.8) is 0 Å². The topological polar surface area (TPSA) is 198 Å². The van der Waals surface area contributed by atoms with E-state index in [1.807, 2.05) is 164 Å². The van der Waals surface area contributed by atoms with Gasteiger partial charge in [-0.05, 0) is 54.6 Å². The van der Waals surface area contributed by atoms with E-state index >= 15 is 0 Å². The van der Waals surface area contributed by atoms with Crippen molar-refractivity contribution in [2.45, 2.75) is 0 Å². The molecule has 330 valence electrons. The van der Waals surface area contributed by atoms with Crippen molar-refractivity contribution in [3.05, 3.63) is 218 Å². The van der Waals surface area contributed by atoms with E-state index in [1.165, 1.54) is 0 Å². The first-order valence-electron chi connectivity index (χ1n) is 21.6. The van der Waals surface area contributed by atoms with Gasteiger partial charge in [-0.15, -0.1) is 0 Å². The molecule has 13 heteroatoms. The molecular weight excluding hydrogens is 892 g/mol. The number of benzene rings is 6. The number of aromatic carboxylic acids is 3. The first-order chi connectivity index (χ1) is 33.7. The minimum atomic E-state index is -1.29. The van der Waals surface area contributed by atoms with Crippen molar-refractivity contribution in [2.24, 2.45) is 0 Å². The molecule has 6 aromatic heterocycles. The number of fused-ring (bicyclic) bond motifs is 6. The molecule has 0 aliphatic heterocycles. The normalized spacial score (nSPS) is 10.8. The number of carbonyl (C=O) groups excluding carboxylic acids is 3. The summed E-state index contributed by atoms with van der Waals surface area (Å²) < 4.78 is 0. The van der Waals surface area contributed by atoms with E-state index in [4.69, 9.17) is 0 Å². The van der Waals surface area contributed by atoms with Crippen LogP contribution in [0, 0.1) is 0 Å². The van der Waals surface area contributed by atoms with Gasteiger partial charge in [0.15, 0.2) is 0 Å². The molecule has 0 amide bonds. The Morgan fingerprint density at radius 2 is 0.557 bits per heavy atom. The molecule has 12 nitrogen and oxygen atoms in total. The summed E-state index contributed by atoms with van der Waals surface area (Å²) in [5.41, 5.74) is 7.69. The number of pyridine rings is 6. The fraction of sp³-hybridized carbons (Fsp3) is 0. The Labute approximate surface area is 409 Å². The van der Waals surface area contributed by atoms with E-state index in [1.54, 1.807) is 36.8 Å². The summed E-state index contributed by atoms with van der Waals surface area (Å²) >= 11 is 0. The van der Waals surface area contributed by atoms with Crippen LogP contribution in [0.1, 0.15) is 31.5 Å². The molecule has 6 aromatic carbocycles. The third-order valence-corrected chi connectivity index (χ3v) is 11.5. The largest absolute Gasteiger partial charge is 3.00 e. The van der Waals surface area contributed by atoms with Crippen LogP contribution in [-0.4, -0.2) is 65.2 Å². The van der Waals surface area contributed by atoms with Crippen LogP contribution >= 0.6 is 0 Å². The molecule has 6 heterocycles. The van der Waals surface area contributed by atoms with Crippen molar-refractivity contribution in [3.8, 4) is 33.4 Å². The molecular formula is C57H33AlN6O6. The van der Waals surface area contributed by atoms with Crippen molar-refractivity contribution < 1.29 is 29.7 Å². The van der Waals surface area contributed by atoms with Crippen molar-refractivity contribution in [2.75, 3.05) is 0 Å². The van der Waals surface area contributed by atoms with E-state index in [9.17, 15) is 29.7 Å². The van der Waals surface area contributed by atoms with E-state index in [0.29, 0.717) is 33.2 Å². The van der Waals surface area contributed by atoms with E-state index in [0.717, 1.165) is 65.6 Å². The van der Waals surface area contributed by atoms with E-state index in [2.05, 4.69) is 29.9 Å². The molecule has 0 spiro atoms. The molecule has 0 saturated heterocycles. The van der Waals surface area contributed by atoms with Gasteiger partial charge in [-0.3, -0.25) is 15.0 Å². The van der Waals surface area contributed by atoms with Gasteiger partial charge in [0, 0.05) is 84.3 Å². The number of para-hydroxylation sites is 6. The first-order valence-corrected chi connectivity index (χ1v) is 21.6. The number of nitrogens with zero attached hydrogens (tertiary/aromatic N) is 6. The minimum absolute atomic E-state index is 0. The molecule has 0 N–H and O–H groups in total. The Balaban J connectivity index is 0.000000129. The van der Waals surface area contributed by atoms with Crippen LogP contribution in [0.2, 0.25) is 0 Å². The summed E-state index contributed by atoms with van der Waals surface area (Å²) in [4.78, 5) is 60.7. The number of carbonyl (C=O) groups is 3. The maximum Gasteiger partial charge on any atom is 3.00 e. The third kappa shape index (κ3) is 9.09. The number of hydrogen-bond donors (Lipinski definition) is 0. The SMILES string of the molecule is O=C([O-])c1nc2ccccc2cc1-c1cccc2cccnc12.O=C([O-])c1nc2ccccc2cc1-c1cccc2cccnc12.O=C([O-])c1nc2ccccc2cc1-c1cccc2cccnc12.[Al+3].